The fourth-order valence-corrected chi connectivity index (χ4v) is 9.75. The topological polar surface area (TPSA) is 113 Å². The third kappa shape index (κ3) is 5.60. The monoisotopic (exact) mass is 856 g/mol. The van der Waals surface area contributed by atoms with Crippen LogP contribution in [0.2, 0.25) is 0 Å². The molecule has 2 aliphatic carbocycles. The molecule has 4 amide bonds. The van der Waals surface area contributed by atoms with Crippen LogP contribution in [0.5, 0.6) is 17.2 Å². The summed E-state index contributed by atoms with van der Waals surface area (Å²) in [5.41, 5.74) is -0.782. The number of carbonyl (C=O) groups is 4. The predicted octanol–water partition coefficient (Wildman–Crippen LogP) is 8.18. The van der Waals surface area contributed by atoms with Crippen LogP contribution in [-0.2, 0) is 19.2 Å². The molecule has 2 saturated heterocycles. The van der Waals surface area contributed by atoms with Crippen LogP contribution in [0.1, 0.15) is 35.4 Å². The van der Waals surface area contributed by atoms with Crippen molar-refractivity contribution in [2.75, 3.05) is 24.0 Å². The SMILES string of the molecule is COc1ccc(OC)c(C=Cc2ccc(N3C(=O)[C@H]4[C@H](CC=C5[C@H]4C[C@@]4(Cl)C(=O)N(c6c(F)c(F)c(F)c(F)c6F)C(=O)[C@@]4(Cl)[C@H]5c4cccc(F)c4O)C3=O)cc2)c1. The molecule has 2 heterocycles. The molecule has 59 heavy (non-hydrogen) atoms. The molecule has 9 nitrogen and oxygen atoms in total. The molecule has 1 N–H and O–H groups in total. The Bertz CT molecular complexity index is 2560. The minimum absolute atomic E-state index is 0.0512. The second-order valence-electron chi connectivity index (χ2n) is 14.4. The van der Waals surface area contributed by atoms with Crippen LogP contribution in [-0.4, -0.2) is 52.7 Å². The molecule has 0 unspecified atom stereocenters. The maximum atomic E-state index is 15.3. The first-order valence-electron chi connectivity index (χ1n) is 17.8. The van der Waals surface area contributed by atoms with Gasteiger partial charge in [-0.3, -0.25) is 24.1 Å². The first-order valence-corrected chi connectivity index (χ1v) is 18.6. The summed E-state index contributed by atoms with van der Waals surface area (Å²) < 4.78 is 99.4. The van der Waals surface area contributed by atoms with Gasteiger partial charge in [0, 0.05) is 17.0 Å². The van der Waals surface area contributed by atoms with E-state index in [2.05, 4.69) is 0 Å². The fourth-order valence-electron chi connectivity index (χ4n) is 8.82. The van der Waals surface area contributed by atoms with Crippen molar-refractivity contribution in [1.29, 1.82) is 0 Å². The molecule has 4 aromatic rings. The summed E-state index contributed by atoms with van der Waals surface area (Å²) in [6.45, 7) is 0. The average molecular weight is 858 g/mol. The molecule has 1 saturated carbocycles. The summed E-state index contributed by atoms with van der Waals surface area (Å²) >= 11 is 14.1. The van der Waals surface area contributed by atoms with Gasteiger partial charge >= 0.3 is 0 Å². The number of hydrogen-bond donors (Lipinski definition) is 1. The number of rotatable bonds is 7. The van der Waals surface area contributed by atoms with E-state index >= 15 is 13.2 Å². The Kier molecular flexibility index (Phi) is 9.62. The molecule has 4 aromatic carbocycles. The lowest BCUT2D eigenvalue weighted by Crippen LogP contribution is -2.60. The van der Waals surface area contributed by atoms with Gasteiger partial charge in [0.1, 0.15) is 17.2 Å². The lowest BCUT2D eigenvalue weighted by molar-refractivity contribution is -0.125. The van der Waals surface area contributed by atoms with Crippen LogP contribution in [0, 0.1) is 52.7 Å². The van der Waals surface area contributed by atoms with Crippen molar-refractivity contribution in [3.8, 4) is 17.2 Å². The van der Waals surface area contributed by atoms with E-state index in [1.807, 2.05) is 0 Å². The number of alkyl halides is 2. The standard InChI is InChI=1S/C42H28Cl2F6N2O7/c1-58-21-12-15-27(59-2)19(16-21)9-6-18-7-10-20(11-8-18)51-37(54)23-14-13-22-25(28(23)38(51)55)17-41(43)39(56)52(35-33(49)31(47)30(46)32(48)34(35)50)40(57)42(41,44)29(22)24-4-3-5-26(45)36(24)53/h3-13,15-16,23,25,28-29,53H,14,17H2,1-2H3/t23-,25+,28-,29+,41+,42-/m0/s1. The second-order valence-corrected chi connectivity index (χ2v) is 15.7. The van der Waals surface area contributed by atoms with Crippen molar-refractivity contribution in [3.05, 3.63) is 124 Å². The fraction of sp³-hybridized carbons (Fsp3) is 0.238. The quantitative estimate of drug-likeness (QED) is 0.0380. The zero-order valence-corrected chi connectivity index (χ0v) is 32.1. The zero-order valence-electron chi connectivity index (χ0n) is 30.5. The van der Waals surface area contributed by atoms with Crippen LogP contribution in [0.4, 0.5) is 37.7 Å². The van der Waals surface area contributed by atoms with Gasteiger partial charge in [-0.05, 0) is 60.7 Å². The number of aromatic hydroxyl groups is 1. The van der Waals surface area contributed by atoms with Gasteiger partial charge in [0.25, 0.3) is 11.8 Å². The number of hydrogen-bond acceptors (Lipinski definition) is 7. The molecule has 2 aliphatic heterocycles. The number of carbonyl (C=O) groups excluding carboxylic acids is 4. The smallest absolute Gasteiger partial charge is 0.258 e. The molecule has 0 aromatic heterocycles. The number of allylic oxidation sites excluding steroid dienone is 2. The highest BCUT2D eigenvalue weighted by molar-refractivity contribution is 6.58. The lowest BCUT2D eigenvalue weighted by atomic mass is 9.56. The Balaban J connectivity index is 1.19. The summed E-state index contributed by atoms with van der Waals surface area (Å²) in [5, 5.41) is 11.0. The van der Waals surface area contributed by atoms with Crippen LogP contribution < -0.4 is 19.3 Å². The van der Waals surface area contributed by atoms with Crippen LogP contribution in [0.3, 0.4) is 0 Å². The van der Waals surface area contributed by atoms with Crippen LogP contribution in [0.25, 0.3) is 12.2 Å². The highest BCUT2D eigenvalue weighted by Gasteiger charge is 2.77. The number of anilines is 2. The summed E-state index contributed by atoms with van der Waals surface area (Å²) in [6, 6.07) is 14.7. The molecular formula is C42H28Cl2F6N2O7. The average Bonchev–Trinajstić information content (AvgIpc) is 3.57. The number of para-hydroxylation sites is 1. The predicted molar refractivity (Wildman–Crippen MR) is 202 cm³/mol. The van der Waals surface area contributed by atoms with Crippen molar-refractivity contribution in [3.63, 3.8) is 0 Å². The molecule has 8 rings (SSSR count). The summed E-state index contributed by atoms with van der Waals surface area (Å²) in [5.74, 6) is -24.0. The van der Waals surface area contributed by atoms with Crippen LogP contribution in [0.15, 0.2) is 72.3 Å². The molecular weight excluding hydrogens is 829 g/mol. The normalized spacial score (nSPS) is 26.3. The molecule has 6 atom stereocenters. The Morgan fingerprint density at radius 1 is 0.763 bits per heavy atom. The molecule has 304 valence electrons. The second kappa shape index (κ2) is 14.2. The minimum Gasteiger partial charge on any atom is -0.505 e. The van der Waals surface area contributed by atoms with Gasteiger partial charge in [-0.25, -0.2) is 31.2 Å². The molecule has 0 radical (unpaired) electrons. The van der Waals surface area contributed by atoms with E-state index in [1.165, 1.54) is 32.4 Å². The van der Waals surface area contributed by atoms with E-state index in [4.69, 9.17) is 32.7 Å². The van der Waals surface area contributed by atoms with E-state index in [9.17, 15) is 37.5 Å². The summed E-state index contributed by atoms with van der Waals surface area (Å²) in [4.78, 5) is 52.1. The van der Waals surface area contributed by atoms with Gasteiger partial charge in [-0.15, -0.1) is 23.2 Å². The van der Waals surface area contributed by atoms with E-state index in [0.29, 0.717) is 22.6 Å². The molecule has 4 aliphatic rings. The summed E-state index contributed by atoms with van der Waals surface area (Å²) in [6.07, 6.45) is 4.07. The first kappa shape index (κ1) is 40.0. The third-order valence-corrected chi connectivity index (χ3v) is 13.0. The van der Waals surface area contributed by atoms with Gasteiger partial charge in [-0.1, -0.05) is 48.1 Å². The van der Waals surface area contributed by atoms with Crippen LogP contribution >= 0.6 is 23.2 Å². The number of halogens is 8. The van der Waals surface area contributed by atoms with E-state index in [1.54, 1.807) is 42.5 Å². The largest absolute Gasteiger partial charge is 0.505 e. The minimum atomic E-state index is -2.92. The number of phenolic OH excluding ortho intramolecular Hbond substituents is 1. The Labute approximate surface area is 341 Å². The Morgan fingerprint density at radius 2 is 1.42 bits per heavy atom. The van der Waals surface area contributed by atoms with E-state index in [0.717, 1.165) is 23.1 Å². The van der Waals surface area contributed by atoms with E-state index < -0.39 is 115 Å². The highest BCUT2D eigenvalue weighted by Crippen LogP contribution is 2.67. The number of benzene rings is 4. The molecule has 0 spiro atoms. The maximum absolute atomic E-state index is 15.3. The number of ether oxygens (including phenoxy) is 2. The zero-order chi connectivity index (χ0) is 42.5. The molecule has 3 fully saturated rings. The van der Waals surface area contributed by atoms with Gasteiger partial charge in [-0.2, -0.15) is 0 Å². The Hall–Kier alpha value is -5.80. The van der Waals surface area contributed by atoms with E-state index in [-0.39, 0.29) is 22.6 Å². The number of methoxy groups -OCH3 is 2. The number of nitrogens with zero attached hydrogens (tertiary/aromatic N) is 2. The van der Waals surface area contributed by atoms with Crippen molar-refractivity contribution in [2.24, 2.45) is 17.8 Å². The number of imide groups is 2. The number of fused-ring (bicyclic) bond motifs is 4. The molecule has 0 bridgehead atoms. The Morgan fingerprint density at radius 3 is 2.07 bits per heavy atom. The van der Waals surface area contributed by atoms with Crippen molar-refractivity contribution < 1.29 is 60.1 Å². The van der Waals surface area contributed by atoms with Crippen molar-refractivity contribution >= 4 is 70.4 Å². The number of amides is 4. The van der Waals surface area contributed by atoms with Crippen molar-refractivity contribution in [1.82, 2.24) is 0 Å². The highest BCUT2D eigenvalue weighted by atomic mass is 35.5. The van der Waals surface area contributed by atoms with Gasteiger partial charge in [0.2, 0.25) is 17.6 Å². The first-order chi connectivity index (χ1) is 28.0. The van der Waals surface area contributed by atoms with Gasteiger partial charge in [0.05, 0.1) is 31.7 Å². The van der Waals surface area contributed by atoms with Gasteiger partial charge < -0.3 is 14.6 Å². The lowest BCUT2D eigenvalue weighted by Gasteiger charge is -2.50. The molecule has 17 heteroatoms. The third-order valence-electron chi connectivity index (χ3n) is 11.6. The maximum Gasteiger partial charge on any atom is 0.258 e. The van der Waals surface area contributed by atoms with Gasteiger partial charge in [0.15, 0.2) is 44.6 Å². The van der Waals surface area contributed by atoms with Crippen molar-refractivity contribution in [2.45, 2.75) is 28.5 Å². The number of phenols is 1. The summed E-state index contributed by atoms with van der Waals surface area (Å²) in [7, 11) is 3.05.